The van der Waals surface area contributed by atoms with E-state index in [2.05, 4.69) is 16.9 Å². The molecule has 0 aliphatic rings. The number of aromatic nitrogens is 2. The second kappa shape index (κ2) is 3.04. The molecule has 0 saturated heterocycles. The summed E-state index contributed by atoms with van der Waals surface area (Å²) in [5, 5.41) is 0.779. The van der Waals surface area contributed by atoms with Crippen LogP contribution in [0.4, 0.5) is 0 Å². The molecule has 2 nitrogen and oxygen atoms in total. The van der Waals surface area contributed by atoms with Crippen molar-refractivity contribution >= 4 is 22.6 Å². The summed E-state index contributed by atoms with van der Waals surface area (Å²) < 4.78 is 0. The van der Waals surface area contributed by atoms with E-state index in [1.165, 1.54) is 0 Å². The van der Waals surface area contributed by atoms with Crippen molar-refractivity contribution in [3.8, 4) is 0 Å². The number of hydrogen-bond donors (Lipinski definition) is 1. The van der Waals surface area contributed by atoms with Gasteiger partial charge >= 0.3 is 0 Å². The van der Waals surface area contributed by atoms with E-state index in [-0.39, 0.29) is 0 Å². The van der Waals surface area contributed by atoms with Crippen LogP contribution in [-0.2, 0) is 6.42 Å². The van der Waals surface area contributed by atoms with Crippen LogP contribution in [0.3, 0.4) is 0 Å². The molecule has 0 aliphatic heterocycles. The quantitative estimate of drug-likeness (QED) is 0.743. The maximum absolute atomic E-state index is 5.99. The molecule has 0 atom stereocenters. The van der Waals surface area contributed by atoms with Crippen LogP contribution >= 0.6 is 11.6 Å². The van der Waals surface area contributed by atoms with Gasteiger partial charge in [-0.25, -0.2) is 4.98 Å². The standard InChI is InChI=1S/C10H11ClN2/c1-3-10-12-8-4-6(2)7(11)5-9(8)13-10/h4-5H,3H2,1-2H3,(H,12,13). The van der Waals surface area contributed by atoms with Crippen LogP contribution in [0.2, 0.25) is 5.02 Å². The highest BCUT2D eigenvalue weighted by molar-refractivity contribution is 6.32. The molecule has 1 heterocycles. The van der Waals surface area contributed by atoms with Crippen LogP contribution in [0.5, 0.6) is 0 Å². The van der Waals surface area contributed by atoms with Crippen molar-refractivity contribution in [1.29, 1.82) is 0 Å². The molecule has 0 amide bonds. The first-order valence-corrected chi connectivity index (χ1v) is 4.73. The van der Waals surface area contributed by atoms with Crippen molar-refractivity contribution in [3.05, 3.63) is 28.5 Å². The first-order chi connectivity index (χ1) is 6.20. The maximum Gasteiger partial charge on any atom is 0.106 e. The predicted molar refractivity (Wildman–Crippen MR) is 55.2 cm³/mol. The van der Waals surface area contributed by atoms with E-state index in [0.29, 0.717) is 0 Å². The molecule has 68 valence electrons. The number of hydrogen-bond acceptors (Lipinski definition) is 1. The van der Waals surface area contributed by atoms with E-state index in [1.807, 2.05) is 19.1 Å². The molecule has 0 radical (unpaired) electrons. The number of aryl methyl sites for hydroxylation is 2. The smallest absolute Gasteiger partial charge is 0.106 e. The molecule has 0 saturated carbocycles. The third kappa shape index (κ3) is 1.42. The summed E-state index contributed by atoms with van der Waals surface area (Å²) in [5.74, 6) is 1.01. The number of halogens is 1. The van der Waals surface area contributed by atoms with Crippen LogP contribution in [-0.4, -0.2) is 9.97 Å². The normalized spacial score (nSPS) is 11.0. The molecule has 0 bridgehead atoms. The highest BCUT2D eigenvalue weighted by atomic mass is 35.5. The molecule has 2 aromatic rings. The summed E-state index contributed by atoms with van der Waals surface area (Å²) in [6, 6.07) is 3.94. The average Bonchev–Trinajstić information content (AvgIpc) is 2.48. The number of H-pyrrole nitrogens is 1. The average molecular weight is 195 g/mol. The maximum atomic E-state index is 5.99. The zero-order chi connectivity index (χ0) is 9.42. The third-order valence-corrected chi connectivity index (χ3v) is 2.55. The summed E-state index contributed by atoms with van der Waals surface area (Å²) in [4.78, 5) is 7.64. The SMILES string of the molecule is CCc1nc2cc(Cl)c(C)cc2[nH]1. The molecule has 2 rings (SSSR count). The van der Waals surface area contributed by atoms with Gasteiger partial charge in [0.25, 0.3) is 0 Å². The fourth-order valence-electron chi connectivity index (χ4n) is 1.36. The van der Waals surface area contributed by atoms with E-state index in [0.717, 1.165) is 33.9 Å². The van der Waals surface area contributed by atoms with Gasteiger partial charge in [-0.15, -0.1) is 0 Å². The lowest BCUT2D eigenvalue weighted by Crippen LogP contribution is -1.79. The Balaban J connectivity index is 2.70. The van der Waals surface area contributed by atoms with Crippen molar-refractivity contribution in [2.75, 3.05) is 0 Å². The van der Waals surface area contributed by atoms with E-state index < -0.39 is 0 Å². The molecular formula is C10H11ClN2. The van der Waals surface area contributed by atoms with Gasteiger partial charge in [-0.3, -0.25) is 0 Å². The molecule has 1 N–H and O–H groups in total. The Labute approximate surface area is 81.9 Å². The van der Waals surface area contributed by atoms with Crippen LogP contribution in [0.25, 0.3) is 11.0 Å². The summed E-state index contributed by atoms with van der Waals surface area (Å²) >= 11 is 5.99. The van der Waals surface area contributed by atoms with E-state index >= 15 is 0 Å². The Morgan fingerprint density at radius 3 is 2.92 bits per heavy atom. The van der Waals surface area contributed by atoms with E-state index in [1.54, 1.807) is 0 Å². The Kier molecular flexibility index (Phi) is 2.00. The van der Waals surface area contributed by atoms with Gasteiger partial charge in [-0.2, -0.15) is 0 Å². The number of fused-ring (bicyclic) bond motifs is 1. The molecule has 0 unspecified atom stereocenters. The fourth-order valence-corrected chi connectivity index (χ4v) is 1.52. The van der Waals surface area contributed by atoms with Crippen molar-refractivity contribution in [3.63, 3.8) is 0 Å². The largest absolute Gasteiger partial charge is 0.342 e. The van der Waals surface area contributed by atoms with Gasteiger partial charge in [0.1, 0.15) is 5.82 Å². The molecule has 0 spiro atoms. The number of aromatic amines is 1. The summed E-state index contributed by atoms with van der Waals surface area (Å²) in [5.41, 5.74) is 3.10. The van der Waals surface area contributed by atoms with Crippen LogP contribution in [0.15, 0.2) is 12.1 Å². The van der Waals surface area contributed by atoms with E-state index in [4.69, 9.17) is 11.6 Å². The molecule has 13 heavy (non-hydrogen) atoms. The molecule has 3 heteroatoms. The highest BCUT2D eigenvalue weighted by Gasteiger charge is 2.03. The molecule has 0 fully saturated rings. The van der Waals surface area contributed by atoms with Gasteiger partial charge < -0.3 is 4.98 Å². The topological polar surface area (TPSA) is 28.7 Å². The predicted octanol–water partition coefficient (Wildman–Crippen LogP) is 3.09. The van der Waals surface area contributed by atoms with Gasteiger partial charge in [0, 0.05) is 11.4 Å². The monoisotopic (exact) mass is 194 g/mol. The van der Waals surface area contributed by atoms with Crippen LogP contribution in [0, 0.1) is 6.92 Å². The van der Waals surface area contributed by atoms with Crippen molar-refractivity contribution in [1.82, 2.24) is 9.97 Å². The Hall–Kier alpha value is -1.02. The number of nitrogens with one attached hydrogen (secondary N) is 1. The Morgan fingerprint density at radius 2 is 2.23 bits per heavy atom. The second-order valence-corrected chi connectivity index (χ2v) is 3.56. The highest BCUT2D eigenvalue weighted by Crippen LogP contribution is 2.21. The van der Waals surface area contributed by atoms with Crippen LogP contribution < -0.4 is 0 Å². The van der Waals surface area contributed by atoms with E-state index in [9.17, 15) is 0 Å². The second-order valence-electron chi connectivity index (χ2n) is 3.16. The number of nitrogens with zero attached hydrogens (tertiary/aromatic N) is 1. The van der Waals surface area contributed by atoms with Gasteiger partial charge in [-0.1, -0.05) is 18.5 Å². The summed E-state index contributed by atoms with van der Waals surface area (Å²) in [6.45, 7) is 4.07. The van der Waals surface area contributed by atoms with Gasteiger partial charge in [0.05, 0.1) is 11.0 Å². The number of rotatable bonds is 1. The molecular weight excluding hydrogens is 184 g/mol. The van der Waals surface area contributed by atoms with Gasteiger partial charge in [-0.05, 0) is 24.6 Å². The number of benzene rings is 1. The zero-order valence-corrected chi connectivity index (χ0v) is 8.44. The van der Waals surface area contributed by atoms with Crippen molar-refractivity contribution < 1.29 is 0 Å². The zero-order valence-electron chi connectivity index (χ0n) is 7.69. The lowest BCUT2D eigenvalue weighted by atomic mass is 10.2. The van der Waals surface area contributed by atoms with Gasteiger partial charge in [0.15, 0.2) is 0 Å². The molecule has 1 aromatic carbocycles. The minimum Gasteiger partial charge on any atom is -0.342 e. The lowest BCUT2D eigenvalue weighted by molar-refractivity contribution is 1.00. The summed E-state index contributed by atoms with van der Waals surface area (Å²) in [7, 11) is 0. The fraction of sp³-hybridized carbons (Fsp3) is 0.300. The Bertz CT molecular complexity index is 406. The van der Waals surface area contributed by atoms with Crippen LogP contribution in [0.1, 0.15) is 18.3 Å². The van der Waals surface area contributed by atoms with Crippen molar-refractivity contribution in [2.45, 2.75) is 20.3 Å². The lowest BCUT2D eigenvalue weighted by Gasteiger charge is -1.95. The summed E-state index contributed by atoms with van der Waals surface area (Å²) in [6.07, 6.45) is 0.922. The van der Waals surface area contributed by atoms with Gasteiger partial charge in [0.2, 0.25) is 0 Å². The Morgan fingerprint density at radius 1 is 1.46 bits per heavy atom. The molecule has 1 aromatic heterocycles. The number of imidazole rings is 1. The van der Waals surface area contributed by atoms with Crippen molar-refractivity contribution in [2.24, 2.45) is 0 Å². The minimum absolute atomic E-state index is 0.779. The molecule has 0 aliphatic carbocycles. The first-order valence-electron chi connectivity index (χ1n) is 4.35. The first kappa shape index (κ1) is 8.57. The third-order valence-electron chi connectivity index (χ3n) is 2.15. The minimum atomic E-state index is 0.779.